The van der Waals surface area contributed by atoms with Gasteiger partial charge in [0.15, 0.2) is 0 Å². The van der Waals surface area contributed by atoms with Gasteiger partial charge in [0.25, 0.3) is 11.8 Å². The van der Waals surface area contributed by atoms with Crippen molar-refractivity contribution in [3.8, 4) is 6.07 Å². The summed E-state index contributed by atoms with van der Waals surface area (Å²) in [5, 5.41) is 14.2. The Kier molecular flexibility index (Phi) is 5.18. The summed E-state index contributed by atoms with van der Waals surface area (Å²) in [5.41, 5.74) is 0.605. The minimum absolute atomic E-state index is 0.146. The van der Waals surface area contributed by atoms with Gasteiger partial charge >= 0.3 is 0 Å². The van der Waals surface area contributed by atoms with Crippen LogP contribution in [0.3, 0.4) is 0 Å². The molecule has 2 aromatic rings. The van der Waals surface area contributed by atoms with E-state index in [0.29, 0.717) is 16.8 Å². The highest BCUT2D eigenvalue weighted by atomic mass is 19.1. The Morgan fingerprint density at radius 2 is 1.56 bits per heavy atom. The predicted molar refractivity (Wildman–Crippen MR) is 92.7 cm³/mol. The molecule has 0 fully saturated rings. The summed E-state index contributed by atoms with van der Waals surface area (Å²) in [6, 6.07) is 11.6. The van der Waals surface area contributed by atoms with Gasteiger partial charge in [-0.2, -0.15) is 5.26 Å². The van der Waals surface area contributed by atoms with Crippen LogP contribution in [0.1, 0.15) is 47.1 Å². The van der Waals surface area contributed by atoms with Gasteiger partial charge in [0, 0.05) is 22.4 Å². The fourth-order valence-electron chi connectivity index (χ4n) is 2.08. The summed E-state index contributed by atoms with van der Waals surface area (Å²) in [4.78, 5) is 24.3. The Morgan fingerprint density at radius 3 is 2.08 bits per heavy atom. The van der Waals surface area contributed by atoms with Crippen molar-refractivity contribution in [3.63, 3.8) is 0 Å². The van der Waals surface area contributed by atoms with Gasteiger partial charge in [-0.05, 0) is 63.2 Å². The van der Waals surface area contributed by atoms with E-state index in [0.717, 1.165) is 6.07 Å². The number of carbonyl (C=O) groups is 2. The lowest BCUT2D eigenvalue weighted by atomic mass is 10.1. The smallest absolute Gasteiger partial charge is 0.255 e. The Hall–Kier alpha value is -3.20. The van der Waals surface area contributed by atoms with Gasteiger partial charge in [-0.15, -0.1) is 0 Å². The zero-order valence-electron chi connectivity index (χ0n) is 14.2. The number of anilines is 1. The van der Waals surface area contributed by atoms with E-state index in [1.165, 1.54) is 24.3 Å². The number of benzene rings is 2. The molecule has 6 heteroatoms. The lowest BCUT2D eigenvalue weighted by Gasteiger charge is -2.20. The molecular formula is C19H18FN3O2. The van der Waals surface area contributed by atoms with Gasteiger partial charge in [-0.25, -0.2) is 4.39 Å². The summed E-state index contributed by atoms with van der Waals surface area (Å²) in [5.74, 6) is -1.29. The average Bonchev–Trinajstić information content (AvgIpc) is 2.55. The Balaban J connectivity index is 2.11. The number of amides is 2. The Labute approximate surface area is 145 Å². The first-order chi connectivity index (χ1) is 11.7. The number of halogens is 1. The first-order valence-electron chi connectivity index (χ1n) is 7.63. The molecule has 2 aromatic carbocycles. The van der Waals surface area contributed by atoms with Crippen LogP contribution in [0.15, 0.2) is 42.5 Å². The second-order valence-electron chi connectivity index (χ2n) is 6.54. The van der Waals surface area contributed by atoms with E-state index in [-0.39, 0.29) is 17.0 Å². The first-order valence-corrected chi connectivity index (χ1v) is 7.63. The molecule has 0 unspecified atom stereocenters. The topological polar surface area (TPSA) is 82.0 Å². The van der Waals surface area contributed by atoms with Gasteiger partial charge in [0.05, 0.1) is 5.56 Å². The highest BCUT2D eigenvalue weighted by Crippen LogP contribution is 2.15. The first kappa shape index (κ1) is 18.1. The van der Waals surface area contributed by atoms with Crippen molar-refractivity contribution in [2.75, 3.05) is 5.32 Å². The lowest BCUT2D eigenvalue weighted by molar-refractivity contribution is 0.0918. The zero-order valence-corrected chi connectivity index (χ0v) is 14.2. The van der Waals surface area contributed by atoms with Crippen molar-refractivity contribution in [1.82, 2.24) is 5.32 Å². The second kappa shape index (κ2) is 7.14. The molecule has 0 aliphatic carbocycles. The molecule has 2 rings (SSSR count). The number of hydrogen-bond donors (Lipinski definition) is 2. The molecule has 25 heavy (non-hydrogen) atoms. The maximum Gasteiger partial charge on any atom is 0.255 e. The van der Waals surface area contributed by atoms with Crippen molar-refractivity contribution < 1.29 is 14.0 Å². The molecule has 0 spiro atoms. The van der Waals surface area contributed by atoms with Crippen molar-refractivity contribution >= 4 is 17.5 Å². The largest absolute Gasteiger partial charge is 0.347 e. The number of hydrogen-bond acceptors (Lipinski definition) is 3. The fraction of sp³-hybridized carbons (Fsp3) is 0.211. The van der Waals surface area contributed by atoms with Crippen LogP contribution in [0.25, 0.3) is 0 Å². The maximum atomic E-state index is 13.3. The molecule has 0 heterocycles. The molecule has 2 amide bonds. The molecule has 0 aliphatic rings. The number of nitrogens with one attached hydrogen (secondary N) is 2. The maximum absolute atomic E-state index is 13.3. The van der Waals surface area contributed by atoms with E-state index in [4.69, 9.17) is 5.26 Å². The summed E-state index contributed by atoms with van der Waals surface area (Å²) >= 11 is 0. The molecule has 0 aromatic heterocycles. The molecule has 0 aliphatic heterocycles. The predicted octanol–water partition coefficient (Wildman–Crippen LogP) is 3.48. The molecule has 0 saturated carbocycles. The van der Waals surface area contributed by atoms with Crippen LogP contribution < -0.4 is 10.6 Å². The third-order valence-electron chi connectivity index (χ3n) is 3.24. The highest BCUT2D eigenvalue weighted by molar-refractivity contribution is 6.05. The monoisotopic (exact) mass is 339 g/mol. The third kappa shape index (κ3) is 4.88. The van der Waals surface area contributed by atoms with Gasteiger partial charge in [-0.1, -0.05) is 0 Å². The summed E-state index contributed by atoms with van der Waals surface area (Å²) in [6.45, 7) is 5.64. The van der Waals surface area contributed by atoms with Crippen LogP contribution in [0, 0.1) is 17.1 Å². The molecule has 128 valence electrons. The lowest BCUT2D eigenvalue weighted by Crippen LogP contribution is -2.40. The number of nitrogens with zero attached hydrogens (tertiary/aromatic N) is 1. The molecule has 0 radical (unpaired) electrons. The van der Waals surface area contributed by atoms with Crippen LogP contribution in [0.4, 0.5) is 10.1 Å². The highest BCUT2D eigenvalue weighted by Gasteiger charge is 2.16. The summed E-state index contributed by atoms with van der Waals surface area (Å²) in [7, 11) is 0. The summed E-state index contributed by atoms with van der Waals surface area (Å²) < 4.78 is 13.3. The summed E-state index contributed by atoms with van der Waals surface area (Å²) in [6.07, 6.45) is 0. The quantitative estimate of drug-likeness (QED) is 0.898. The Morgan fingerprint density at radius 1 is 1.00 bits per heavy atom. The van der Waals surface area contributed by atoms with Crippen LogP contribution >= 0.6 is 0 Å². The van der Waals surface area contributed by atoms with E-state index in [9.17, 15) is 14.0 Å². The number of rotatable bonds is 3. The minimum Gasteiger partial charge on any atom is -0.347 e. The van der Waals surface area contributed by atoms with Gasteiger partial charge in [0.2, 0.25) is 0 Å². The molecular weight excluding hydrogens is 321 g/mol. The van der Waals surface area contributed by atoms with Crippen molar-refractivity contribution in [2.24, 2.45) is 0 Å². The molecule has 0 saturated heterocycles. The van der Waals surface area contributed by atoms with E-state index < -0.39 is 11.7 Å². The van der Waals surface area contributed by atoms with E-state index in [1.807, 2.05) is 20.8 Å². The van der Waals surface area contributed by atoms with E-state index in [1.54, 1.807) is 18.2 Å². The average molecular weight is 339 g/mol. The van der Waals surface area contributed by atoms with Crippen molar-refractivity contribution in [3.05, 3.63) is 65.0 Å². The minimum atomic E-state index is -0.644. The molecule has 2 N–H and O–H groups in total. The van der Waals surface area contributed by atoms with Crippen molar-refractivity contribution in [1.29, 1.82) is 5.26 Å². The van der Waals surface area contributed by atoms with Gasteiger partial charge in [-0.3, -0.25) is 9.59 Å². The standard InChI is InChI=1S/C19H18FN3O2/c1-19(2,3)23-18(25)13-6-4-12(5-7-13)17(24)22-15-8-9-16(20)14(10-15)11-21/h4-10H,1-3H3,(H,22,24)(H,23,25). The molecule has 5 nitrogen and oxygen atoms in total. The molecule has 0 bridgehead atoms. The third-order valence-corrected chi connectivity index (χ3v) is 3.24. The van der Waals surface area contributed by atoms with Gasteiger partial charge in [0.1, 0.15) is 11.9 Å². The number of carbonyl (C=O) groups excluding carboxylic acids is 2. The number of nitriles is 1. The fourth-order valence-corrected chi connectivity index (χ4v) is 2.08. The van der Waals surface area contributed by atoms with Crippen LogP contribution in [-0.2, 0) is 0 Å². The van der Waals surface area contributed by atoms with Gasteiger partial charge < -0.3 is 10.6 Å². The Bertz CT molecular complexity index is 846. The SMILES string of the molecule is CC(C)(C)NC(=O)c1ccc(C(=O)Nc2ccc(F)c(C#N)c2)cc1. The second-order valence-corrected chi connectivity index (χ2v) is 6.54. The van der Waals surface area contributed by atoms with Crippen LogP contribution in [-0.4, -0.2) is 17.4 Å². The van der Waals surface area contributed by atoms with E-state index in [2.05, 4.69) is 10.6 Å². The zero-order chi connectivity index (χ0) is 18.6. The van der Waals surface area contributed by atoms with Crippen LogP contribution in [0.2, 0.25) is 0 Å². The van der Waals surface area contributed by atoms with Crippen LogP contribution in [0.5, 0.6) is 0 Å². The van der Waals surface area contributed by atoms with Crippen molar-refractivity contribution in [2.45, 2.75) is 26.3 Å². The normalized spacial score (nSPS) is 10.7. The molecule has 0 atom stereocenters. The van der Waals surface area contributed by atoms with E-state index >= 15 is 0 Å².